The summed E-state index contributed by atoms with van der Waals surface area (Å²) >= 11 is 0. The van der Waals surface area contributed by atoms with E-state index >= 15 is 0 Å². The maximum atomic E-state index is 12.7. The Bertz CT molecular complexity index is 1150. The van der Waals surface area contributed by atoms with Gasteiger partial charge in [-0.15, -0.1) is 0 Å². The number of carbonyl (C=O) groups excluding carboxylic acids is 3. The zero-order chi connectivity index (χ0) is 34.7. The Morgan fingerprint density at radius 2 is 1.52 bits per heavy atom. The fourth-order valence-corrected chi connectivity index (χ4v) is 5.83. The number of amides is 3. The van der Waals surface area contributed by atoms with E-state index in [2.05, 4.69) is 20.7 Å². The summed E-state index contributed by atoms with van der Waals surface area (Å²) in [5.41, 5.74) is 6.29. The lowest BCUT2D eigenvalue weighted by Crippen LogP contribution is -2.72. The third-order valence-electron chi connectivity index (χ3n) is 8.45. The predicted octanol–water partition coefficient (Wildman–Crippen LogP) is -6.09. The molecule has 2 aliphatic heterocycles. The molecular weight excluding hydrogens is 624 g/mol. The predicted molar refractivity (Wildman–Crippen MR) is 148 cm³/mol. The van der Waals surface area contributed by atoms with Gasteiger partial charge in [0.25, 0.3) is 0 Å². The maximum Gasteiger partial charge on any atom is 0.228 e. The lowest BCUT2D eigenvalue weighted by Gasteiger charge is -2.48. The van der Waals surface area contributed by atoms with Gasteiger partial charge in [-0.2, -0.15) is 0 Å². The normalized spacial score (nSPS) is 42.5. The number of azide groups is 1. The SMILES string of the molecule is CC(=O)NC1C(O)C(O)C(OC2OC(C)C(O)(CO)[C@@H]2OC2OC(CO)C(O)C(O)C2N(C)C(=O)CN=[N+]=[N-])C(NC(C)=O)C1O. The Morgan fingerprint density at radius 1 is 0.913 bits per heavy atom. The molecule has 262 valence electrons. The number of carbonyl (C=O) groups is 3. The number of nitrogens with one attached hydrogen (secondary N) is 2. The average molecular weight is 667 g/mol. The van der Waals surface area contributed by atoms with Gasteiger partial charge < -0.3 is 75.3 Å². The van der Waals surface area contributed by atoms with Crippen LogP contribution in [0.5, 0.6) is 0 Å². The first-order chi connectivity index (χ1) is 21.5. The van der Waals surface area contributed by atoms with Crippen LogP contribution >= 0.6 is 0 Å². The molecule has 0 radical (unpaired) electrons. The van der Waals surface area contributed by atoms with Crippen molar-refractivity contribution in [1.29, 1.82) is 0 Å². The summed E-state index contributed by atoms with van der Waals surface area (Å²) in [4.78, 5) is 39.8. The van der Waals surface area contributed by atoms with E-state index in [1.807, 2.05) is 0 Å². The van der Waals surface area contributed by atoms with Crippen LogP contribution in [0, 0.1) is 0 Å². The van der Waals surface area contributed by atoms with Gasteiger partial charge in [-0.05, 0) is 12.5 Å². The molecular formula is C25H42N6O15. The van der Waals surface area contributed by atoms with Crippen molar-refractivity contribution < 1.29 is 74.2 Å². The van der Waals surface area contributed by atoms with E-state index in [4.69, 9.17) is 24.5 Å². The lowest BCUT2D eigenvalue weighted by atomic mass is 9.81. The van der Waals surface area contributed by atoms with E-state index in [1.165, 1.54) is 14.0 Å². The van der Waals surface area contributed by atoms with Crippen molar-refractivity contribution in [2.75, 3.05) is 26.8 Å². The van der Waals surface area contributed by atoms with E-state index in [0.717, 1.165) is 18.7 Å². The molecule has 0 aromatic heterocycles. The smallest absolute Gasteiger partial charge is 0.228 e. The zero-order valence-electron chi connectivity index (χ0n) is 25.4. The van der Waals surface area contributed by atoms with Gasteiger partial charge in [0.15, 0.2) is 12.6 Å². The first kappa shape index (κ1) is 37.7. The molecule has 46 heavy (non-hydrogen) atoms. The third kappa shape index (κ3) is 7.52. The number of aliphatic hydroxyl groups is 8. The van der Waals surface area contributed by atoms with Gasteiger partial charge in [0.1, 0.15) is 60.9 Å². The minimum atomic E-state index is -2.32. The van der Waals surface area contributed by atoms with E-state index in [0.29, 0.717) is 0 Å². The van der Waals surface area contributed by atoms with Gasteiger partial charge in [-0.1, -0.05) is 5.11 Å². The molecule has 2 saturated heterocycles. The molecule has 1 saturated carbocycles. The summed E-state index contributed by atoms with van der Waals surface area (Å²) in [6.07, 6.45) is -18.9. The Morgan fingerprint density at radius 3 is 2.07 bits per heavy atom. The molecule has 15 atom stereocenters. The second-order valence-electron chi connectivity index (χ2n) is 11.5. The van der Waals surface area contributed by atoms with Crippen molar-refractivity contribution >= 4 is 17.7 Å². The number of hydrogen-bond acceptors (Lipinski definition) is 16. The second-order valence-corrected chi connectivity index (χ2v) is 11.5. The van der Waals surface area contributed by atoms with Crippen molar-refractivity contribution in [3.8, 4) is 0 Å². The molecule has 3 amide bonds. The topological polar surface area (TPSA) is 326 Å². The minimum absolute atomic E-state index is 0.663. The lowest BCUT2D eigenvalue weighted by molar-refractivity contribution is -0.326. The van der Waals surface area contributed by atoms with Crippen LogP contribution in [0.2, 0.25) is 0 Å². The van der Waals surface area contributed by atoms with Crippen LogP contribution in [0.4, 0.5) is 0 Å². The number of rotatable bonds is 11. The van der Waals surface area contributed by atoms with Gasteiger partial charge in [-0.3, -0.25) is 14.4 Å². The van der Waals surface area contributed by atoms with Crippen molar-refractivity contribution in [2.45, 2.75) is 112 Å². The van der Waals surface area contributed by atoms with Crippen LogP contribution in [0.15, 0.2) is 5.11 Å². The van der Waals surface area contributed by atoms with Crippen molar-refractivity contribution in [1.82, 2.24) is 15.5 Å². The first-order valence-electron chi connectivity index (χ1n) is 14.3. The average Bonchev–Trinajstić information content (AvgIpc) is 3.24. The summed E-state index contributed by atoms with van der Waals surface area (Å²) in [7, 11) is 1.17. The number of ether oxygens (including phenoxy) is 4. The second kappa shape index (κ2) is 15.4. The van der Waals surface area contributed by atoms with E-state index < -0.39 is 129 Å². The standard InChI is InChI=1S/C25H42N6O15/c1-8-25(42,7-33)22(46-23-15(31(4)12(36)5-27-30-26)19(40)16(37)11(6-32)44-23)24(43-8)45-21-14(29-10(3)35)17(38)13(28-9(2)34)18(39)20(21)41/h8,11,13-24,32-33,37-42H,5-7H2,1-4H3,(H,28,34)(H,29,35)/t8?,11?,13?,14?,15?,16?,17?,18?,19?,20?,21?,22-,23?,24?,25?/m1/s1. The van der Waals surface area contributed by atoms with E-state index in [-0.39, 0.29) is 0 Å². The number of hydrogen-bond donors (Lipinski definition) is 10. The molecule has 14 unspecified atom stereocenters. The molecule has 0 aromatic rings. The molecule has 10 N–H and O–H groups in total. The summed E-state index contributed by atoms with van der Waals surface area (Å²) in [6, 6.07) is -4.52. The first-order valence-corrected chi connectivity index (χ1v) is 14.3. The largest absolute Gasteiger partial charge is 0.394 e. The molecule has 1 aliphatic carbocycles. The molecule has 3 rings (SSSR count). The molecule has 0 bridgehead atoms. The minimum Gasteiger partial charge on any atom is -0.394 e. The van der Waals surface area contributed by atoms with Crippen LogP contribution in [0.1, 0.15) is 20.8 Å². The summed E-state index contributed by atoms with van der Waals surface area (Å²) in [5, 5.41) is 93.6. The van der Waals surface area contributed by atoms with Crippen LogP contribution in [0.25, 0.3) is 10.4 Å². The highest BCUT2D eigenvalue weighted by molar-refractivity contribution is 5.78. The maximum absolute atomic E-state index is 12.7. The molecule has 21 heteroatoms. The monoisotopic (exact) mass is 666 g/mol. The van der Waals surface area contributed by atoms with Crippen molar-refractivity contribution in [2.24, 2.45) is 5.11 Å². The van der Waals surface area contributed by atoms with Crippen LogP contribution in [-0.2, 0) is 33.3 Å². The Balaban J connectivity index is 2.00. The number of likely N-dealkylation sites (N-methyl/N-ethyl adjacent to an activating group) is 1. The molecule has 2 heterocycles. The van der Waals surface area contributed by atoms with E-state index in [9.17, 15) is 55.2 Å². The van der Waals surface area contributed by atoms with Gasteiger partial charge in [0.2, 0.25) is 17.7 Å². The van der Waals surface area contributed by atoms with Crippen molar-refractivity contribution in [3.05, 3.63) is 10.4 Å². The molecule has 3 fully saturated rings. The number of nitrogens with zero attached hydrogens (tertiary/aromatic N) is 4. The molecule has 0 aromatic carbocycles. The van der Waals surface area contributed by atoms with Gasteiger partial charge in [0, 0.05) is 25.8 Å². The Kier molecular flexibility index (Phi) is 12.6. The summed E-state index contributed by atoms with van der Waals surface area (Å²) in [6.45, 7) is 0.949. The third-order valence-corrected chi connectivity index (χ3v) is 8.45. The highest BCUT2D eigenvalue weighted by Gasteiger charge is 2.61. The van der Waals surface area contributed by atoms with Crippen LogP contribution in [-0.4, -0.2) is 182 Å². The van der Waals surface area contributed by atoms with Gasteiger partial charge in [0.05, 0.1) is 37.5 Å². The quantitative estimate of drug-likeness (QED) is 0.0557. The highest BCUT2D eigenvalue weighted by atomic mass is 16.8. The van der Waals surface area contributed by atoms with Crippen molar-refractivity contribution in [3.63, 3.8) is 0 Å². The zero-order valence-corrected chi connectivity index (χ0v) is 25.4. The molecule has 3 aliphatic rings. The van der Waals surface area contributed by atoms with Gasteiger partial charge >= 0.3 is 0 Å². The fourth-order valence-electron chi connectivity index (χ4n) is 5.83. The number of aliphatic hydroxyl groups excluding tert-OH is 7. The van der Waals surface area contributed by atoms with Crippen LogP contribution in [0.3, 0.4) is 0 Å². The van der Waals surface area contributed by atoms with Gasteiger partial charge in [-0.25, -0.2) is 0 Å². The summed E-state index contributed by atoms with van der Waals surface area (Å²) in [5.74, 6) is -2.21. The molecule has 0 spiro atoms. The fraction of sp³-hybridized carbons (Fsp3) is 0.880. The Labute approximate surface area is 262 Å². The highest BCUT2D eigenvalue weighted by Crippen LogP contribution is 2.39. The molecule has 21 nitrogen and oxygen atoms in total. The summed E-state index contributed by atoms with van der Waals surface area (Å²) < 4.78 is 23.3. The Hall–Kier alpha value is -2.76. The van der Waals surface area contributed by atoms with Crippen LogP contribution < -0.4 is 10.6 Å². The van der Waals surface area contributed by atoms with E-state index in [1.54, 1.807) is 0 Å².